The molecule has 0 aliphatic carbocycles. The lowest BCUT2D eigenvalue weighted by Crippen LogP contribution is -1.95. The van der Waals surface area contributed by atoms with Gasteiger partial charge in [-0.05, 0) is 68.8 Å². The first kappa shape index (κ1) is 25.2. The Kier molecular flexibility index (Phi) is 6.81. The Balaban J connectivity index is 1.15. The molecule has 42 heavy (non-hydrogen) atoms. The fraction of sp³-hybridized carbons (Fsp3) is 0. The Morgan fingerprint density at radius 1 is 0.333 bits per heavy atom. The summed E-state index contributed by atoms with van der Waals surface area (Å²) in [6, 6.07) is 41.7. The van der Waals surface area contributed by atoms with Crippen LogP contribution >= 0.6 is 0 Å². The maximum absolute atomic E-state index is 4.85. The smallest absolute Gasteiger partial charge is 0.163 e. The van der Waals surface area contributed by atoms with Crippen molar-refractivity contribution < 1.29 is 0 Å². The predicted octanol–water partition coefficient (Wildman–Crippen LogP) is 8.66. The third-order valence-electron chi connectivity index (χ3n) is 7.24. The van der Waals surface area contributed by atoms with Crippen LogP contribution in [0.25, 0.3) is 67.3 Å². The molecular weight excluding hydrogens is 514 g/mol. The van der Waals surface area contributed by atoms with Gasteiger partial charge in [0.15, 0.2) is 11.6 Å². The van der Waals surface area contributed by atoms with Crippen molar-refractivity contribution in [3.8, 4) is 67.3 Å². The summed E-state index contributed by atoms with van der Waals surface area (Å²) in [6.07, 6.45) is 8.92. The van der Waals surface area contributed by atoms with Gasteiger partial charge in [-0.3, -0.25) is 9.97 Å². The number of pyridine rings is 2. The molecule has 7 aromatic rings. The minimum atomic E-state index is 0.639. The van der Waals surface area contributed by atoms with Crippen LogP contribution in [0.15, 0.2) is 152 Å². The van der Waals surface area contributed by atoms with Crippen LogP contribution in [0.1, 0.15) is 0 Å². The summed E-state index contributed by atoms with van der Waals surface area (Å²) >= 11 is 0. The molecule has 0 N–H and O–H groups in total. The summed E-state index contributed by atoms with van der Waals surface area (Å²) < 4.78 is 0. The number of aromatic nitrogens is 5. The van der Waals surface area contributed by atoms with Crippen molar-refractivity contribution >= 4 is 0 Å². The van der Waals surface area contributed by atoms with Crippen LogP contribution in [0.2, 0.25) is 0 Å². The van der Waals surface area contributed by atoms with Crippen LogP contribution in [0.3, 0.4) is 0 Å². The first-order valence-corrected chi connectivity index (χ1v) is 13.7. The van der Waals surface area contributed by atoms with E-state index < -0.39 is 0 Å². The Labute approximate surface area is 244 Å². The number of benzene rings is 4. The summed E-state index contributed by atoms with van der Waals surface area (Å²) in [5, 5.41) is 0. The SMILES string of the molecule is c1cncc(-c2ccc(-c3cccc(-c4ncnc(-c5cccc(-c6ccc(-c7cccnc7)cc6)c5)n4)c3)cc2)c1. The van der Waals surface area contributed by atoms with Gasteiger partial charge in [0.05, 0.1) is 0 Å². The standard InChI is InChI=1S/C37H25N5/c1-5-30(26-11-15-28(16-12-26)34-9-3-19-38-23-34)21-32(7-1)36-40-25-41-37(42-36)33-8-2-6-31(22-33)27-13-17-29(18-14-27)35-10-4-20-39-24-35/h1-25H. The number of nitrogens with zero attached hydrogens (tertiary/aromatic N) is 5. The second kappa shape index (κ2) is 11.4. The third-order valence-corrected chi connectivity index (χ3v) is 7.24. The van der Waals surface area contributed by atoms with Gasteiger partial charge < -0.3 is 0 Å². The van der Waals surface area contributed by atoms with Gasteiger partial charge in [-0.1, -0.05) is 97.1 Å². The van der Waals surface area contributed by atoms with Crippen LogP contribution < -0.4 is 0 Å². The summed E-state index contributed by atoms with van der Waals surface area (Å²) in [5.74, 6) is 1.28. The molecular formula is C37H25N5. The van der Waals surface area contributed by atoms with E-state index in [1.165, 1.54) is 0 Å². The molecule has 4 aromatic carbocycles. The number of hydrogen-bond donors (Lipinski definition) is 0. The molecule has 198 valence electrons. The summed E-state index contributed by atoms with van der Waals surface area (Å²) in [7, 11) is 0. The van der Waals surface area contributed by atoms with Crippen LogP contribution in [0.5, 0.6) is 0 Å². The molecule has 0 fully saturated rings. The van der Waals surface area contributed by atoms with Crippen LogP contribution in [0, 0.1) is 0 Å². The van der Waals surface area contributed by atoms with Crippen molar-refractivity contribution in [2.24, 2.45) is 0 Å². The summed E-state index contributed by atoms with van der Waals surface area (Å²) in [5.41, 5.74) is 10.8. The molecule has 0 radical (unpaired) electrons. The van der Waals surface area contributed by atoms with Crippen molar-refractivity contribution in [3.63, 3.8) is 0 Å². The zero-order valence-corrected chi connectivity index (χ0v) is 22.7. The van der Waals surface area contributed by atoms with E-state index in [-0.39, 0.29) is 0 Å². The fourth-order valence-electron chi connectivity index (χ4n) is 5.03. The van der Waals surface area contributed by atoms with Crippen LogP contribution in [-0.4, -0.2) is 24.9 Å². The van der Waals surface area contributed by atoms with Crippen LogP contribution in [-0.2, 0) is 0 Å². The van der Waals surface area contributed by atoms with Gasteiger partial charge in [-0.2, -0.15) is 0 Å². The Hall–Kier alpha value is -5.81. The van der Waals surface area contributed by atoms with Crippen LogP contribution in [0.4, 0.5) is 0 Å². The van der Waals surface area contributed by atoms with Crippen molar-refractivity contribution in [1.82, 2.24) is 24.9 Å². The minimum absolute atomic E-state index is 0.639. The zero-order valence-electron chi connectivity index (χ0n) is 22.7. The molecule has 7 rings (SSSR count). The monoisotopic (exact) mass is 539 g/mol. The Morgan fingerprint density at radius 3 is 1.12 bits per heavy atom. The first-order chi connectivity index (χ1) is 20.8. The summed E-state index contributed by atoms with van der Waals surface area (Å²) in [4.78, 5) is 22.3. The Bertz CT molecular complexity index is 1810. The van der Waals surface area contributed by atoms with Gasteiger partial charge in [-0.25, -0.2) is 15.0 Å². The Morgan fingerprint density at radius 2 is 0.714 bits per heavy atom. The van der Waals surface area contributed by atoms with Crippen molar-refractivity contribution in [2.75, 3.05) is 0 Å². The highest BCUT2D eigenvalue weighted by atomic mass is 15.0. The van der Waals surface area contributed by atoms with Gasteiger partial charge >= 0.3 is 0 Å². The molecule has 0 saturated heterocycles. The normalized spacial score (nSPS) is 10.9. The zero-order chi connectivity index (χ0) is 28.1. The van der Waals surface area contributed by atoms with E-state index in [2.05, 4.69) is 105 Å². The van der Waals surface area contributed by atoms with Gasteiger partial charge in [-0.15, -0.1) is 0 Å². The molecule has 0 saturated carbocycles. The molecule has 0 bridgehead atoms. The topological polar surface area (TPSA) is 64.5 Å². The molecule has 5 heteroatoms. The van der Waals surface area contributed by atoms with E-state index in [1.807, 2.05) is 48.8 Å². The van der Waals surface area contributed by atoms with E-state index in [4.69, 9.17) is 4.98 Å². The highest BCUT2D eigenvalue weighted by Crippen LogP contribution is 2.30. The molecule has 0 spiro atoms. The lowest BCUT2D eigenvalue weighted by molar-refractivity contribution is 1.07. The molecule has 0 amide bonds. The predicted molar refractivity (Wildman–Crippen MR) is 168 cm³/mol. The maximum atomic E-state index is 4.85. The fourth-order valence-corrected chi connectivity index (χ4v) is 5.03. The maximum Gasteiger partial charge on any atom is 0.163 e. The second-order valence-electron chi connectivity index (χ2n) is 9.93. The molecule has 0 atom stereocenters. The van der Waals surface area contributed by atoms with Gasteiger partial charge in [0.1, 0.15) is 6.33 Å². The largest absolute Gasteiger partial charge is 0.264 e. The highest BCUT2D eigenvalue weighted by molar-refractivity contribution is 5.75. The van der Waals surface area contributed by atoms with Gasteiger partial charge in [0.25, 0.3) is 0 Å². The quantitative estimate of drug-likeness (QED) is 0.212. The van der Waals surface area contributed by atoms with Crippen molar-refractivity contribution in [2.45, 2.75) is 0 Å². The average molecular weight is 540 g/mol. The summed E-state index contributed by atoms with van der Waals surface area (Å²) in [6.45, 7) is 0. The van der Waals surface area contributed by atoms with E-state index >= 15 is 0 Å². The molecule has 0 aliphatic rings. The van der Waals surface area contributed by atoms with E-state index in [0.717, 1.165) is 55.6 Å². The van der Waals surface area contributed by atoms with E-state index in [1.54, 1.807) is 18.7 Å². The van der Waals surface area contributed by atoms with Crippen molar-refractivity contribution in [3.05, 3.63) is 152 Å². The molecule has 0 unspecified atom stereocenters. The van der Waals surface area contributed by atoms with Crippen molar-refractivity contribution in [1.29, 1.82) is 0 Å². The molecule has 0 aliphatic heterocycles. The van der Waals surface area contributed by atoms with Gasteiger partial charge in [0, 0.05) is 35.9 Å². The molecule has 3 aromatic heterocycles. The van der Waals surface area contributed by atoms with E-state index in [0.29, 0.717) is 11.6 Å². The first-order valence-electron chi connectivity index (χ1n) is 13.7. The lowest BCUT2D eigenvalue weighted by atomic mass is 9.99. The lowest BCUT2D eigenvalue weighted by Gasteiger charge is -2.09. The number of rotatable bonds is 6. The molecule has 5 nitrogen and oxygen atoms in total. The number of hydrogen-bond acceptors (Lipinski definition) is 5. The van der Waals surface area contributed by atoms with E-state index in [9.17, 15) is 0 Å². The average Bonchev–Trinajstić information content (AvgIpc) is 3.09. The minimum Gasteiger partial charge on any atom is -0.264 e. The molecule has 3 heterocycles. The highest BCUT2D eigenvalue weighted by Gasteiger charge is 2.10. The van der Waals surface area contributed by atoms with Gasteiger partial charge in [0.2, 0.25) is 0 Å². The third kappa shape index (κ3) is 5.31. The second-order valence-corrected chi connectivity index (χ2v) is 9.93.